The van der Waals surface area contributed by atoms with Crippen LogP contribution in [-0.4, -0.2) is 20.5 Å². The second kappa shape index (κ2) is 6.47. The number of fused-ring (bicyclic) bond motifs is 1. The van der Waals surface area contributed by atoms with Gasteiger partial charge in [0.25, 0.3) is 11.9 Å². The lowest BCUT2D eigenvalue weighted by Gasteiger charge is -2.02. The van der Waals surface area contributed by atoms with Gasteiger partial charge >= 0.3 is 0 Å². The number of carbonyl (C=O) groups is 1. The normalized spacial score (nSPS) is 11.0. The molecule has 0 aliphatic rings. The molecular formula is C17H9ClF2N4OS. The lowest BCUT2D eigenvalue weighted by Crippen LogP contribution is -2.15. The average molecular weight is 391 g/mol. The molecule has 2 aromatic heterocycles. The summed E-state index contributed by atoms with van der Waals surface area (Å²) in [5.41, 5.74) is 1.37. The van der Waals surface area contributed by atoms with E-state index in [0.717, 1.165) is 23.4 Å². The van der Waals surface area contributed by atoms with Gasteiger partial charge in [-0.2, -0.15) is 4.98 Å². The van der Waals surface area contributed by atoms with Crippen LogP contribution in [-0.2, 0) is 0 Å². The standard InChI is InChI=1S/C17H9ClF2N4OS/c18-10-3-1-9(2-4-10)14-8-26-17-22-16(23-24(14)17)21-15(25)12-6-5-11(19)7-13(12)20/h1-8H,(H,21,23,25). The monoisotopic (exact) mass is 390 g/mol. The molecule has 2 heterocycles. The molecule has 2 aromatic carbocycles. The third-order valence-corrected chi connectivity index (χ3v) is 4.69. The van der Waals surface area contributed by atoms with Gasteiger partial charge in [0.2, 0.25) is 4.96 Å². The van der Waals surface area contributed by atoms with Gasteiger partial charge in [0.1, 0.15) is 11.6 Å². The fraction of sp³-hybridized carbons (Fsp3) is 0. The number of halogens is 3. The zero-order valence-corrected chi connectivity index (χ0v) is 14.5. The second-order valence-electron chi connectivity index (χ2n) is 5.34. The van der Waals surface area contributed by atoms with Crippen molar-refractivity contribution in [2.45, 2.75) is 0 Å². The van der Waals surface area contributed by atoms with Crippen molar-refractivity contribution in [1.29, 1.82) is 0 Å². The highest BCUT2D eigenvalue weighted by Gasteiger charge is 2.17. The molecule has 9 heteroatoms. The minimum atomic E-state index is -0.953. The van der Waals surface area contributed by atoms with Gasteiger partial charge in [-0.05, 0) is 24.3 Å². The Morgan fingerprint density at radius 3 is 2.65 bits per heavy atom. The Bertz CT molecular complexity index is 1120. The van der Waals surface area contributed by atoms with Crippen LogP contribution in [0.4, 0.5) is 14.7 Å². The molecule has 5 nitrogen and oxygen atoms in total. The van der Waals surface area contributed by atoms with Crippen molar-refractivity contribution in [2.24, 2.45) is 0 Å². The third-order valence-electron chi connectivity index (χ3n) is 3.62. The van der Waals surface area contributed by atoms with E-state index >= 15 is 0 Å². The number of benzene rings is 2. The zero-order chi connectivity index (χ0) is 18.3. The highest BCUT2D eigenvalue weighted by Crippen LogP contribution is 2.27. The summed E-state index contributed by atoms with van der Waals surface area (Å²) in [5.74, 6) is -2.44. The molecule has 0 spiro atoms. The number of hydrogen-bond acceptors (Lipinski definition) is 4. The quantitative estimate of drug-likeness (QED) is 0.554. The molecule has 0 aliphatic heterocycles. The van der Waals surface area contributed by atoms with Crippen LogP contribution in [0.2, 0.25) is 5.02 Å². The average Bonchev–Trinajstić information content (AvgIpc) is 3.15. The lowest BCUT2D eigenvalue weighted by molar-refractivity contribution is 0.102. The molecule has 1 amide bonds. The minimum Gasteiger partial charge on any atom is -0.289 e. The van der Waals surface area contributed by atoms with E-state index in [1.807, 2.05) is 17.5 Å². The summed E-state index contributed by atoms with van der Waals surface area (Å²) in [6, 6.07) is 9.93. The van der Waals surface area contributed by atoms with Gasteiger partial charge in [-0.1, -0.05) is 23.7 Å². The number of thiazole rings is 1. The van der Waals surface area contributed by atoms with Crippen LogP contribution in [0, 0.1) is 11.6 Å². The van der Waals surface area contributed by atoms with Gasteiger partial charge in [-0.3, -0.25) is 10.1 Å². The summed E-state index contributed by atoms with van der Waals surface area (Å²) >= 11 is 7.24. The highest BCUT2D eigenvalue weighted by atomic mass is 35.5. The van der Waals surface area contributed by atoms with Crippen LogP contribution in [0.1, 0.15) is 10.4 Å². The van der Waals surface area contributed by atoms with E-state index in [-0.39, 0.29) is 11.5 Å². The number of rotatable bonds is 3. The maximum absolute atomic E-state index is 13.7. The fourth-order valence-corrected chi connectivity index (χ4v) is 3.35. The number of aromatic nitrogens is 3. The highest BCUT2D eigenvalue weighted by molar-refractivity contribution is 7.15. The Morgan fingerprint density at radius 1 is 1.15 bits per heavy atom. The van der Waals surface area contributed by atoms with Crippen molar-refractivity contribution in [1.82, 2.24) is 14.6 Å². The van der Waals surface area contributed by atoms with Crippen molar-refractivity contribution in [2.75, 3.05) is 5.32 Å². The van der Waals surface area contributed by atoms with Crippen LogP contribution in [0.3, 0.4) is 0 Å². The second-order valence-corrected chi connectivity index (χ2v) is 6.61. The molecule has 1 N–H and O–H groups in total. The van der Waals surface area contributed by atoms with Crippen molar-refractivity contribution in [3.8, 4) is 11.3 Å². The molecule has 4 aromatic rings. The predicted octanol–water partition coefficient (Wildman–Crippen LogP) is 4.64. The van der Waals surface area contributed by atoms with Crippen molar-refractivity contribution >= 4 is 39.8 Å². The summed E-state index contributed by atoms with van der Waals surface area (Å²) in [4.78, 5) is 16.9. The van der Waals surface area contributed by atoms with E-state index in [9.17, 15) is 13.6 Å². The van der Waals surface area contributed by atoms with Crippen molar-refractivity contribution in [3.05, 3.63) is 70.1 Å². The number of nitrogens with one attached hydrogen (secondary N) is 1. The summed E-state index contributed by atoms with van der Waals surface area (Å²) in [6.07, 6.45) is 0. The molecule has 0 aliphatic carbocycles. The van der Waals surface area contributed by atoms with E-state index in [1.54, 1.807) is 16.6 Å². The fourth-order valence-electron chi connectivity index (χ4n) is 2.40. The molecule has 0 fully saturated rings. The van der Waals surface area contributed by atoms with E-state index in [2.05, 4.69) is 15.4 Å². The molecule has 130 valence electrons. The molecular weight excluding hydrogens is 382 g/mol. The van der Waals surface area contributed by atoms with Gasteiger partial charge in [-0.25, -0.2) is 13.3 Å². The molecule has 0 saturated carbocycles. The van der Waals surface area contributed by atoms with Crippen LogP contribution in [0.5, 0.6) is 0 Å². The maximum atomic E-state index is 13.7. The van der Waals surface area contributed by atoms with E-state index in [4.69, 9.17) is 11.6 Å². The molecule has 0 radical (unpaired) electrons. The third kappa shape index (κ3) is 3.04. The number of hydrogen-bond donors (Lipinski definition) is 1. The Balaban J connectivity index is 1.64. The van der Waals surface area contributed by atoms with Crippen LogP contribution >= 0.6 is 22.9 Å². The molecule has 26 heavy (non-hydrogen) atoms. The molecule has 4 rings (SSSR count). The largest absolute Gasteiger partial charge is 0.289 e. The molecule has 0 unspecified atom stereocenters. The van der Waals surface area contributed by atoms with Gasteiger partial charge in [0.05, 0.1) is 11.3 Å². The summed E-state index contributed by atoms with van der Waals surface area (Å²) in [6.45, 7) is 0. The summed E-state index contributed by atoms with van der Waals surface area (Å²) < 4.78 is 28.2. The van der Waals surface area contributed by atoms with Crippen molar-refractivity contribution in [3.63, 3.8) is 0 Å². The SMILES string of the molecule is O=C(Nc1nc2scc(-c3ccc(Cl)cc3)n2n1)c1ccc(F)cc1F. The Kier molecular flexibility index (Phi) is 4.14. The van der Waals surface area contributed by atoms with Gasteiger partial charge in [0.15, 0.2) is 0 Å². The van der Waals surface area contributed by atoms with Crippen molar-refractivity contribution < 1.29 is 13.6 Å². The maximum Gasteiger partial charge on any atom is 0.261 e. The first-order chi connectivity index (χ1) is 12.5. The number of amides is 1. The van der Waals surface area contributed by atoms with Gasteiger partial charge in [-0.15, -0.1) is 16.4 Å². The number of nitrogens with zero attached hydrogens (tertiary/aromatic N) is 3. The Hall–Kier alpha value is -2.84. The first-order valence-electron chi connectivity index (χ1n) is 7.38. The molecule has 0 bridgehead atoms. The lowest BCUT2D eigenvalue weighted by atomic mass is 10.2. The summed E-state index contributed by atoms with van der Waals surface area (Å²) in [5, 5.41) is 9.16. The van der Waals surface area contributed by atoms with E-state index in [1.165, 1.54) is 11.3 Å². The van der Waals surface area contributed by atoms with Crippen LogP contribution < -0.4 is 5.32 Å². The van der Waals surface area contributed by atoms with E-state index in [0.29, 0.717) is 16.0 Å². The molecule has 0 saturated heterocycles. The van der Waals surface area contributed by atoms with Crippen LogP contribution in [0.15, 0.2) is 47.8 Å². The Morgan fingerprint density at radius 2 is 1.92 bits per heavy atom. The minimum absolute atomic E-state index is 0.0285. The number of carbonyl (C=O) groups excluding carboxylic acids is 1. The predicted molar refractivity (Wildman–Crippen MR) is 95.6 cm³/mol. The zero-order valence-electron chi connectivity index (χ0n) is 12.9. The van der Waals surface area contributed by atoms with Gasteiger partial charge < -0.3 is 0 Å². The topological polar surface area (TPSA) is 59.3 Å². The summed E-state index contributed by atoms with van der Waals surface area (Å²) in [7, 11) is 0. The van der Waals surface area contributed by atoms with Crippen LogP contribution in [0.25, 0.3) is 16.2 Å². The Labute approximate surface area is 154 Å². The molecule has 0 atom stereocenters. The first-order valence-corrected chi connectivity index (χ1v) is 8.63. The first kappa shape index (κ1) is 16.6. The van der Waals surface area contributed by atoms with E-state index < -0.39 is 17.5 Å². The van der Waals surface area contributed by atoms with Gasteiger partial charge in [0, 0.05) is 22.0 Å². The number of anilines is 1. The smallest absolute Gasteiger partial charge is 0.261 e.